The van der Waals surface area contributed by atoms with Crippen LogP contribution in [-0.2, 0) is 0 Å². The number of rotatable bonds is 2. The van der Waals surface area contributed by atoms with Crippen LogP contribution in [-0.4, -0.2) is 6.04 Å². The van der Waals surface area contributed by atoms with Crippen molar-refractivity contribution in [1.29, 1.82) is 5.26 Å². The van der Waals surface area contributed by atoms with Gasteiger partial charge in [0.25, 0.3) is 0 Å². The van der Waals surface area contributed by atoms with Gasteiger partial charge in [-0.15, -0.1) is 0 Å². The van der Waals surface area contributed by atoms with Gasteiger partial charge in [-0.25, -0.2) is 0 Å². The predicted octanol–water partition coefficient (Wildman–Crippen LogP) is 3.01. The molecule has 3 fully saturated rings. The van der Waals surface area contributed by atoms with Crippen molar-refractivity contribution >= 4 is 5.69 Å². The van der Waals surface area contributed by atoms with Gasteiger partial charge in [0.2, 0.25) is 0 Å². The van der Waals surface area contributed by atoms with Crippen LogP contribution < -0.4 is 5.32 Å². The van der Waals surface area contributed by atoms with E-state index >= 15 is 0 Å². The zero-order valence-electron chi connectivity index (χ0n) is 9.76. The molecule has 0 radical (unpaired) electrons. The van der Waals surface area contributed by atoms with Gasteiger partial charge in [-0.05, 0) is 67.2 Å². The summed E-state index contributed by atoms with van der Waals surface area (Å²) in [5, 5.41) is 12.4. The van der Waals surface area contributed by atoms with Crippen LogP contribution in [0.5, 0.6) is 0 Å². The molecule has 0 heterocycles. The van der Waals surface area contributed by atoms with Crippen molar-refractivity contribution in [3.8, 4) is 6.07 Å². The third kappa shape index (κ3) is 1.32. The fourth-order valence-electron chi connectivity index (χ4n) is 4.35. The van der Waals surface area contributed by atoms with Crippen molar-refractivity contribution in [2.45, 2.75) is 25.3 Å². The minimum absolute atomic E-state index is 0.731. The van der Waals surface area contributed by atoms with E-state index in [1.54, 1.807) is 0 Å². The molecule has 4 rings (SSSR count). The summed E-state index contributed by atoms with van der Waals surface area (Å²) >= 11 is 0. The first kappa shape index (κ1) is 9.53. The fourth-order valence-corrected chi connectivity index (χ4v) is 4.35. The summed E-state index contributed by atoms with van der Waals surface area (Å²) in [6, 6.07) is 10.8. The first-order valence-corrected chi connectivity index (χ1v) is 6.63. The van der Waals surface area contributed by atoms with Crippen molar-refractivity contribution in [3.05, 3.63) is 29.8 Å². The number of nitrogens with zero attached hydrogens (tertiary/aromatic N) is 1. The fraction of sp³-hybridized carbons (Fsp3) is 0.533. The second-order valence-corrected chi connectivity index (χ2v) is 5.85. The van der Waals surface area contributed by atoms with Crippen molar-refractivity contribution in [1.82, 2.24) is 0 Å². The van der Waals surface area contributed by atoms with Gasteiger partial charge < -0.3 is 5.32 Å². The number of nitriles is 1. The van der Waals surface area contributed by atoms with Gasteiger partial charge in [-0.2, -0.15) is 5.26 Å². The molecule has 1 aromatic rings. The largest absolute Gasteiger partial charge is 0.382 e. The third-order valence-corrected chi connectivity index (χ3v) is 5.08. The topological polar surface area (TPSA) is 35.8 Å². The molecule has 3 saturated carbocycles. The highest BCUT2D eigenvalue weighted by molar-refractivity contribution is 5.50. The SMILES string of the molecule is N#Cc1ccc(NC2C3C4CCC(C4)C23)cc1. The second-order valence-electron chi connectivity index (χ2n) is 5.85. The van der Waals surface area contributed by atoms with Crippen LogP contribution >= 0.6 is 0 Å². The summed E-state index contributed by atoms with van der Waals surface area (Å²) in [4.78, 5) is 0. The summed E-state index contributed by atoms with van der Waals surface area (Å²) in [6.07, 6.45) is 4.44. The zero-order chi connectivity index (χ0) is 11.4. The maximum Gasteiger partial charge on any atom is 0.0991 e. The highest BCUT2D eigenvalue weighted by Crippen LogP contribution is 2.66. The maximum absolute atomic E-state index is 8.76. The Morgan fingerprint density at radius 2 is 1.71 bits per heavy atom. The van der Waals surface area contributed by atoms with Gasteiger partial charge in [0, 0.05) is 11.7 Å². The van der Waals surface area contributed by atoms with Crippen LogP contribution in [0.15, 0.2) is 24.3 Å². The van der Waals surface area contributed by atoms with E-state index < -0.39 is 0 Å². The first-order valence-electron chi connectivity index (χ1n) is 6.63. The Bertz CT molecular complexity index is 469. The van der Waals surface area contributed by atoms with Crippen LogP contribution in [0.3, 0.4) is 0 Å². The molecule has 0 spiro atoms. The highest BCUT2D eigenvalue weighted by Gasteiger charge is 2.64. The van der Waals surface area contributed by atoms with Gasteiger partial charge in [0.1, 0.15) is 0 Å². The van der Waals surface area contributed by atoms with Gasteiger partial charge in [0.15, 0.2) is 0 Å². The van der Waals surface area contributed by atoms with E-state index in [0.29, 0.717) is 0 Å². The Balaban J connectivity index is 1.47. The second kappa shape index (κ2) is 3.26. The van der Waals surface area contributed by atoms with E-state index in [4.69, 9.17) is 5.26 Å². The van der Waals surface area contributed by atoms with Crippen LogP contribution in [0.25, 0.3) is 0 Å². The quantitative estimate of drug-likeness (QED) is 0.838. The molecule has 2 heteroatoms. The molecule has 3 aliphatic rings. The standard InChI is InChI=1S/C15H16N2/c16-8-9-1-5-12(6-2-9)17-15-13-10-3-4-11(7-10)14(13)15/h1-2,5-6,10-11,13-15,17H,3-4,7H2. The number of hydrogen-bond donors (Lipinski definition) is 1. The Morgan fingerprint density at radius 3 is 2.29 bits per heavy atom. The van der Waals surface area contributed by atoms with Crippen molar-refractivity contribution in [2.24, 2.45) is 23.7 Å². The number of nitrogens with one attached hydrogen (secondary N) is 1. The van der Waals surface area contributed by atoms with Crippen LogP contribution in [0.1, 0.15) is 24.8 Å². The maximum atomic E-state index is 8.76. The number of anilines is 1. The van der Waals surface area contributed by atoms with Crippen molar-refractivity contribution < 1.29 is 0 Å². The molecule has 0 amide bonds. The van der Waals surface area contributed by atoms with Crippen LogP contribution in [0.4, 0.5) is 5.69 Å². The summed E-state index contributed by atoms with van der Waals surface area (Å²) < 4.78 is 0. The first-order chi connectivity index (χ1) is 8.36. The molecule has 86 valence electrons. The molecule has 0 aliphatic heterocycles. The van der Waals surface area contributed by atoms with Gasteiger partial charge in [-0.1, -0.05) is 0 Å². The summed E-state index contributed by atoms with van der Waals surface area (Å²) in [5.41, 5.74) is 1.93. The lowest BCUT2D eigenvalue weighted by Gasteiger charge is -2.11. The molecule has 0 aromatic heterocycles. The predicted molar refractivity (Wildman–Crippen MR) is 66.4 cm³/mol. The van der Waals surface area contributed by atoms with Gasteiger partial charge >= 0.3 is 0 Å². The van der Waals surface area contributed by atoms with E-state index in [1.807, 2.05) is 24.3 Å². The van der Waals surface area contributed by atoms with E-state index in [1.165, 1.54) is 24.9 Å². The van der Waals surface area contributed by atoms with Gasteiger partial charge in [0.05, 0.1) is 11.6 Å². The van der Waals surface area contributed by atoms with E-state index in [9.17, 15) is 0 Å². The molecule has 4 unspecified atom stereocenters. The molecule has 2 nitrogen and oxygen atoms in total. The van der Waals surface area contributed by atoms with E-state index in [2.05, 4.69) is 11.4 Å². The minimum atomic E-state index is 0.731. The van der Waals surface area contributed by atoms with Crippen LogP contribution in [0.2, 0.25) is 0 Å². The summed E-state index contributed by atoms with van der Waals surface area (Å²) in [5.74, 6) is 3.95. The average molecular weight is 224 g/mol. The molecule has 3 aliphatic carbocycles. The molecular weight excluding hydrogens is 208 g/mol. The van der Waals surface area contributed by atoms with Crippen molar-refractivity contribution in [2.75, 3.05) is 5.32 Å². The Hall–Kier alpha value is -1.49. The number of hydrogen-bond acceptors (Lipinski definition) is 2. The average Bonchev–Trinajstić information content (AvgIpc) is 2.76. The number of fused-ring (bicyclic) bond motifs is 5. The summed E-state index contributed by atoms with van der Waals surface area (Å²) in [7, 11) is 0. The summed E-state index contributed by atoms with van der Waals surface area (Å²) in [6.45, 7) is 0. The van der Waals surface area contributed by atoms with Crippen molar-refractivity contribution in [3.63, 3.8) is 0 Å². The monoisotopic (exact) mass is 224 g/mol. The highest BCUT2D eigenvalue weighted by atomic mass is 15.0. The third-order valence-electron chi connectivity index (χ3n) is 5.08. The molecule has 0 saturated heterocycles. The minimum Gasteiger partial charge on any atom is -0.382 e. The normalized spacial score (nSPS) is 40.8. The lowest BCUT2D eigenvalue weighted by atomic mass is 10.0. The lowest BCUT2D eigenvalue weighted by molar-refractivity contribution is 0.456. The Kier molecular flexibility index (Phi) is 1.83. The molecule has 17 heavy (non-hydrogen) atoms. The van der Waals surface area contributed by atoms with Gasteiger partial charge in [-0.3, -0.25) is 0 Å². The zero-order valence-corrected chi connectivity index (χ0v) is 9.76. The number of benzene rings is 1. The van der Waals surface area contributed by atoms with E-state index in [-0.39, 0.29) is 0 Å². The molecule has 4 atom stereocenters. The molecule has 1 N–H and O–H groups in total. The van der Waals surface area contributed by atoms with E-state index in [0.717, 1.165) is 35.3 Å². The Labute approximate surface area is 102 Å². The van der Waals surface area contributed by atoms with Crippen LogP contribution in [0, 0.1) is 35.0 Å². The molecule has 1 aromatic carbocycles. The Morgan fingerprint density at radius 1 is 1.06 bits per heavy atom. The lowest BCUT2D eigenvalue weighted by Crippen LogP contribution is -2.12. The smallest absolute Gasteiger partial charge is 0.0991 e. The molecule has 2 bridgehead atoms. The molecular formula is C15H16N2.